The fraction of sp³-hybridized carbons (Fsp3) is 0.615. The average Bonchev–Trinajstić information content (AvgIpc) is 2.48. The molecule has 0 bridgehead atoms. The molecule has 2 rings (SSSR count). The Morgan fingerprint density at radius 1 is 1.40 bits per heavy atom. The summed E-state index contributed by atoms with van der Waals surface area (Å²) >= 11 is 0. The summed E-state index contributed by atoms with van der Waals surface area (Å²) in [5.41, 5.74) is 0.317. The van der Waals surface area contributed by atoms with E-state index >= 15 is 0 Å². The fourth-order valence-electron chi connectivity index (χ4n) is 2.01. The molecule has 2 heterocycles. The van der Waals surface area contributed by atoms with Crippen LogP contribution in [0.4, 0.5) is 5.82 Å². The molecule has 110 valence electrons. The zero-order valence-electron chi connectivity index (χ0n) is 11.6. The molecule has 0 spiro atoms. The number of nitrogens with one attached hydrogen (secondary N) is 2. The highest BCUT2D eigenvalue weighted by molar-refractivity contribution is 7.85. The Morgan fingerprint density at radius 2 is 2.15 bits per heavy atom. The SMILES string of the molecule is CCCNc1cncc(C(=O)NC2CCS(=O)CC2)n1. The smallest absolute Gasteiger partial charge is 0.271 e. The normalized spacial score (nSPS) is 22.2. The van der Waals surface area contributed by atoms with Crippen molar-refractivity contribution in [3.63, 3.8) is 0 Å². The van der Waals surface area contributed by atoms with Crippen LogP contribution in [0.1, 0.15) is 36.7 Å². The van der Waals surface area contributed by atoms with Gasteiger partial charge in [-0.1, -0.05) is 6.92 Å². The number of rotatable bonds is 5. The first kappa shape index (κ1) is 14.9. The Hall–Kier alpha value is -1.50. The van der Waals surface area contributed by atoms with Crippen molar-refractivity contribution in [2.45, 2.75) is 32.2 Å². The van der Waals surface area contributed by atoms with Crippen molar-refractivity contribution in [1.82, 2.24) is 15.3 Å². The van der Waals surface area contributed by atoms with Crippen molar-refractivity contribution in [2.75, 3.05) is 23.4 Å². The van der Waals surface area contributed by atoms with Crippen LogP contribution in [0.5, 0.6) is 0 Å². The lowest BCUT2D eigenvalue weighted by Crippen LogP contribution is -2.39. The van der Waals surface area contributed by atoms with Gasteiger partial charge in [0.2, 0.25) is 0 Å². The summed E-state index contributed by atoms with van der Waals surface area (Å²) in [5, 5.41) is 6.04. The van der Waals surface area contributed by atoms with E-state index in [2.05, 4.69) is 27.5 Å². The van der Waals surface area contributed by atoms with Crippen LogP contribution in [0.25, 0.3) is 0 Å². The molecule has 1 amide bonds. The third kappa shape index (κ3) is 4.26. The van der Waals surface area contributed by atoms with E-state index in [-0.39, 0.29) is 11.9 Å². The molecule has 0 aromatic carbocycles. The number of carbonyl (C=O) groups excluding carboxylic acids is 1. The van der Waals surface area contributed by atoms with E-state index in [9.17, 15) is 9.00 Å². The Bertz CT molecular complexity index is 485. The summed E-state index contributed by atoms with van der Waals surface area (Å²) in [7, 11) is -0.717. The summed E-state index contributed by atoms with van der Waals surface area (Å²) in [5.74, 6) is 1.73. The number of nitrogens with zero attached hydrogens (tertiary/aromatic N) is 2. The Kier molecular flexibility index (Phi) is 5.46. The van der Waals surface area contributed by atoms with Crippen LogP contribution in [0.15, 0.2) is 12.4 Å². The predicted molar refractivity (Wildman–Crippen MR) is 79.2 cm³/mol. The topological polar surface area (TPSA) is 84.0 Å². The number of amides is 1. The van der Waals surface area contributed by atoms with Gasteiger partial charge in [-0.2, -0.15) is 0 Å². The van der Waals surface area contributed by atoms with Gasteiger partial charge in [-0.3, -0.25) is 14.0 Å². The van der Waals surface area contributed by atoms with Crippen molar-refractivity contribution < 1.29 is 9.00 Å². The van der Waals surface area contributed by atoms with E-state index in [1.165, 1.54) is 6.20 Å². The lowest BCUT2D eigenvalue weighted by atomic mass is 10.1. The zero-order chi connectivity index (χ0) is 14.4. The highest BCUT2D eigenvalue weighted by Crippen LogP contribution is 2.10. The van der Waals surface area contributed by atoms with Gasteiger partial charge in [0.25, 0.3) is 5.91 Å². The minimum absolute atomic E-state index is 0.0919. The number of aromatic nitrogens is 2. The van der Waals surface area contributed by atoms with E-state index in [0.29, 0.717) is 23.0 Å². The van der Waals surface area contributed by atoms with Crippen molar-refractivity contribution >= 4 is 22.5 Å². The standard InChI is InChI=1S/C13H20N4O2S/c1-2-5-15-12-9-14-8-11(17-12)13(18)16-10-3-6-20(19)7-4-10/h8-10H,2-7H2,1H3,(H,15,17)(H,16,18). The Labute approximate surface area is 121 Å². The molecule has 0 atom stereocenters. The summed E-state index contributed by atoms with van der Waals surface area (Å²) < 4.78 is 11.3. The lowest BCUT2D eigenvalue weighted by molar-refractivity contribution is 0.0929. The number of carbonyl (C=O) groups is 1. The minimum Gasteiger partial charge on any atom is -0.369 e. The monoisotopic (exact) mass is 296 g/mol. The molecular weight excluding hydrogens is 276 g/mol. The minimum atomic E-state index is -0.717. The van der Waals surface area contributed by atoms with E-state index in [1.54, 1.807) is 6.20 Å². The maximum atomic E-state index is 12.1. The van der Waals surface area contributed by atoms with E-state index in [4.69, 9.17) is 0 Å². The van der Waals surface area contributed by atoms with Gasteiger partial charge in [0.1, 0.15) is 11.5 Å². The predicted octanol–water partition coefficient (Wildman–Crippen LogP) is 0.939. The summed E-state index contributed by atoms with van der Waals surface area (Å²) in [4.78, 5) is 20.4. The van der Waals surface area contributed by atoms with E-state index in [1.807, 2.05) is 0 Å². The van der Waals surface area contributed by atoms with Crippen molar-refractivity contribution in [1.29, 1.82) is 0 Å². The molecule has 20 heavy (non-hydrogen) atoms. The van der Waals surface area contributed by atoms with Gasteiger partial charge in [0.15, 0.2) is 0 Å². The van der Waals surface area contributed by atoms with Gasteiger partial charge in [-0.05, 0) is 19.3 Å². The molecule has 0 unspecified atom stereocenters. The first-order valence-corrected chi connectivity index (χ1v) is 8.39. The van der Waals surface area contributed by atoms with Crippen LogP contribution < -0.4 is 10.6 Å². The van der Waals surface area contributed by atoms with Gasteiger partial charge in [0, 0.05) is 34.9 Å². The van der Waals surface area contributed by atoms with E-state index < -0.39 is 10.8 Å². The van der Waals surface area contributed by atoms with Gasteiger partial charge in [0.05, 0.1) is 12.4 Å². The summed E-state index contributed by atoms with van der Waals surface area (Å²) in [6.07, 6.45) is 5.58. The molecular formula is C13H20N4O2S. The molecule has 0 aliphatic carbocycles. The van der Waals surface area contributed by atoms with Crippen molar-refractivity contribution in [2.24, 2.45) is 0 Å². The van der Waals surface area contributed by atoms with Crippen molar-refractivity contribution in [3.8, 4) is 0 Å². The maximum Gasteiger partial charge on any atom is 0.271 e. The molecule has 0 saturated carbocycles. The summed E-state index contributed by atoms with van der Waals surface area (Å²) in [6, 6.07) is 0.0919. The highest BCUT2D eigenvalue weighted by Gasteiger charge is 2.20. The summed E-state index contributed by atoms with van der Waals surface area (Å²) in [6.45, 7) is 2.86. The largest absolute Gasteiger partial charge is 0.369 e. The fourth-order valence-corrected chi connectivity index (χ4v) is 3.31. The first-order chi connectivity index (χ1) is 9.69. The van der Waals surface area contributed by atoms with Crippen LogP contribution >= 0.6 is 0 Å². The molecule has 1 saturated heterocycles. The van der Waals surface area contributed by atoms with Gasteiger partial charge in [-0.15, -0.1) is 0 Å². The van der Waals surface area contributed by atoms with Crippen LogP contribution in [-0.4, -0.2) is 44.2 Å². The molecule has 7 heteroatoms. The van der Waals surface area contributed by atoms with Crippen LogP contribution in [0, 0.1) is 0 Å². The molecule has 0 radical (unpaired) electrons. The number of anilines is 1. The number of hydrogen-bond acceptors (Lipinski definition) is 5. The average molecular weight is 296 g/mol. The second-order valence-corrected chi connectivity index (χ2v) is 6.51. The molecule has 1 aromatic heterocycles. The molecule has 2 N–H and O–H groups in total. The Balaban J connectivity index is 1.93. The third-order valence-corrected chi connectivity index (χ3v) is 4.53. The Morgan fingerprint density at radius 3 is 2.85 bits per heavy atom. The quantitative estimate of drug-likeness (QED) is 0.845. The highest BCUT2D eigenvalue weighted by atomic mass is 32.2. The van der Waals surface area contributed by atoms with Gasteiger partial charge < -0.3 is 10.6 Å². The molecule has 1 aliphatic heterocycles. The first-order valence-electron chi connectivity index (χ1n) is 6.90. The van der Waals surface area contributed by atoms with Crippen LogP contribution in [-0.2, 0) is 10.8 Å². The lowest BCUT2D eigenvalue weighted by Gasteiger charge is -2.22. The second kappa shape index (κ2) is 7.33. The zero-order valence-corrected chi connectivity index (χ0v) is 12.4. The third-order valence-electron chi connectivity index (χ3n) is 3.15. The molecule has 6 nitrogen and oxygen atoms in total. The van der Waals surface area contributed by atoms with Crippen molar-refractivity contribution in [3.05, 3.63) is 18.1 Å². The second-order valence-electron chi connectivity index (χ2n) is 4.81. The molecule has 1 aliphatic rings. The molecule has 1 fully saturated rings. The van der Waals surface area contributed by atoms with Gasteiger partial charge in [-0.25, -0.2) is 4.98 Å². The van der Waals surface area contributed by atoms with Crippen LogP contribution in [0.2, 0.25) is 0 Å². The van der Waals surface area contributed by atoms with Crippen LogP contribution in [0.3, 0.4) is 0 Å². The number of hydrogen-bond donors (Lipinski definition) is 2. The van der Waals surface area contributed by atoms with E-state index in [0.717, 1.165) is 25.8 Å². The van der Waals surface area contributed by atoms with Gasteiger partial charge >= 0.3 is 0 Å². The molecule has 1 aromatic rings. The maximum absolute atomic E-state index is 12.1.